The third-order valence-electron chi connectivity index (χ3n) is 4.41. The van der Waals surface area contributed by atoms with Crippen LogP contribution in [0.3, 0.4) is 0 Å². The van der Waals surface area contributed by atoms with E-state index in [4.69, 9.17) is 4.74 Å². The molecule has 1 aromatic rings. The number of alkyl halides is 3. The summed E-state index contributed by atoms with van der Waals surface area (Å²) in [5, 5.41) is 12.5. The van der Waals surface area contributed by atoms with E-state index in [-0.39, 0.29) is 23.3 Å². The van der Waals surface area contributed by atoms with Crippen LogP contribution in [-0.4, -0.2) is 12.6 Å². The van der Waals surface area contributed by atoms with Crippen molar-refractivity contribution in [3.8, 4) is 6.07 Å². The highest BCUT2D eigenvalue weighted by atomic mass is 19.4. The molecule has 0 amide bonds. The van der Waals surface area contributed by atoms with Crippen LogP contribution >= 0.6 is 0 Å². The number of nitrogens with zero attached hydrogens (tertiary/aromatic N) is 1. The zero-order valence-electron chi connectivity index (χ0n) is 15.7. The molecule has 150 valence electrons. The van der Waals surface area contributed by atoms with Gasteiger partial charge in [0.1, 0.15) is 5.82 Å². The van der Waals surface area contributed by atoms with Gasteiger partial charge >= 0.3 is 12.1 Å². The lowest BCUT2D eigenvalue weighted by molar-refractivity contribution is -0.141. The fourth-order valence-corrected chi connectivity index (χ4v) is 3.17. The SMILES string of the molecule is CCCOC(=O)C1=C(CC)NC(C)=C(C#N)C1c1ccc(F)cc1C(F)(F)F. The molecule has 0 radical (unpaired) electrons. The van der Waals surface area contributed by atoms with Crippen molar-refractivity contribution in [1.82, 2.24) is 5.32 Å². The van der Waals surface area contributed by atoms with Crippen molar-refractivity contribution in [2.24, 2.45) is 0 Å². The normalized spacial score (nSPS) is 17.3. The maximum Gasteiger partial charge on any atom is 0.416 e. The highest BCUT2D eigenvalue weighted by Gasteiger charge is 2.41. The van der Waals surface area contributed by atoms with Crippen molar-refractivity contribution in [2.75, 3.05) is 6.61 Å². The van der Waals surface area contributed by atoms with Crippen LogP contribution < -0.4 is 5.32 Å². The average molecular weight is 396 g/mol. The topological polar surface area (TPSA) is 62.1 Å². The summed E-state index contributed by atoms with van der Waals surface area (Å²) in [7, 11) is 0. The quantitative estimate of drug-likeness (QED) is 0.565. The monoisotopic (exact) mass is 396 g/mol. The minimum atomic E-state index is -4.86. The molecule has 1 heterocycles. The van der Waals surface area contributed by atoms with Crippen molar-refractivity contribution < 1.29 is 27.1 Å². The molecule has 1 aliphatic heterocycles. The molecule has 0 saturated carbocycles. The molecular weight excluding hydrogens is 376 g/mol. The Morgan fingerprint density at radius 1 is 1.32 bits per heavy atom. The van der Waals surface area contributed by atoms with E-state index in [1.54, 1.807) is 20.8 Å². The average Bonchev–Trinajstić information content (AvgIpc) is 2.64. The molecule has 1 aliphatic rings. The van der Waals surface area contributed by atoms with Crippen molar-refractivity contribution in [1.29, 1.82) is 5.26 Å². The summed E-state index contributed by atoms with van der Waals surface area (Å²) in [6.45, 7) is 5.15. The highest BCUT2D eigenvalue weighted by Crippen LogP contribution is 2.44. The van der Waals surface area contributed by atoms with E-state index in [1.165, 1.54) is 0 Å². The molecule has 0 spiro atoms. The summed E-state index contributed by atoms with van der Waals surface area (Å²) in [4.78, 5) is 12.7. The molecule has 1 N–H and O–H groups in total. The number of ether oxygens (including phenoxy) is 1. The zero-order chi connectivity index (χ0) is 21.1. The zero-order valence-corrected chi connectivity index (χ0v) is 15.7. The first-order valence-electron chi connectivity index (χ1n) is 8.80. The van der Waals surface area contributed by atoms with Gasteiger partial charge in [-0.1, -0.05) is 19.9 Å². The summed E-state index contributed by atoms with van der Waals surface area (Å²) in [5.41, 5.74) is -0.973. The van der Waals surface area contributed by atoms with E-state index >= 15 is 0 Å². The predicted molar refractivity (Wildman–Crippen MR) is 94.2 cm³/mol. The van der Waals surface area contributed by atoms with Gasteiger partial charge in [0, 0.05) is 11.4 Å². The van der Waals surface area contributed by atoms with Gasteiger partial charge in [-0.2, -0.15) is 18.4 Å². The van der Waals surface area contributed by atoms with Gasteiger partial charge in [0.05, 0.1) is 35.3 Å². The molecule has 4 nitrogen and oxygen atoms in total. The molecule has 0 aliphatic carbocycles. The number of hydrogen-bond acceptors (Lipinski definition) is 4. The van der Waals surface area contributed by atoms with E-state index < -0.39 is 29.4 Å². The van der Waals surface area contributed by atoms with Crippen LogP contribution in [0.5, 0.6) is 0 Å². The third kappa shape index (κ3) is 4.19. The molecule has 0 saturated heterocycles. The molecule has 1 aromatic carbocycles. The van der Waals surface area contributed by atoms with Crippen molar-refractivity contribution in [3.05, 3.63) is 57.7 Å². The molecule has 1 atom stereocenters. The van der Waals surface area contributed by atoms with Gasteiger partial charge < -0.3 is 10.1 Å². The Morgan fingerprint density at radius 3 is 2.54 bits per heavy atom. The molecule has 0 aromatic heterocycles. The molecule has 28 heavy (non-hydrogen) atoms. The predicted octanol–water partition coefficient (Wildman–Crippen LogP) is 4.95. The maximum atomic E-state index is 13.6. The lowest BCUT2D eigenvalue weighted by atomic mass is 9.78. The van der Waals surface area contributed by atoms with Crippen LogP contribution in [-0.2, 0) is 15.7 Å². The van der Waals surface area contributed by atoms with E-state index in [9.17, 15) is 27.6 Å². The Morgan fingerprint density at radius 2 is 2.00 bits per heavy atom. The van der Waals surface area contributed by atoms with Crippen molar-refractivity contribution >= 4 is 5.97 Å². The standard InChI is InChI=1S/C20H20F4N2O2/c1-4-8-28-19(27)18-16(5-2)26-11(3)14(10-25)17(18)13-7-6-12(21)9-15(13)20(22,23)24/h6-7,9,17,26H,4-5,8H2,1-3H3. The Balaban J connectivity index is 2.78. The number of benzene rings is 1. The van der Waals surface area contributed by atoms with Crippen molar-refractivity contribution in [3.63, 3.8) is 0 Å². The first kappa shape index (κ1) is 21.5. The van der Waals surface area contributed by atoms with Gasteiger partial charge in [0.15, 0.2) is 0 Å². The molecule has 0 fully saturated rings. The first-order valence-corrected chi connectivity index (χ1v) is 8.80. The Hall–Kier alpha value is -2.82. The second-order valence-corrected chi connectivity index (χ2v) is 6.32. The van der Waals surface area contributed by atoms with Crippen LogP contribution in [0.4, 0.5) is 17.6 Å². The van der Waals surface area contributed by atoms with Crippen LogP contribution in [0.2, 0.25) is 0 Å². The summed E-state index contributed by atoms with van der Waals surface area (Å²) >= 11 is 0. The van der Waals surface area contributed by atoms with Gasteiger partial charge in [0.25, 0.3) is 0 Å². The second-order valence-electron chi connectivity index (χ2n) is 6.32. The van der Waals surface area contributed by atoms with Gasteiger partial charge in [-0.25, -0.2) is 9.18 Å². The maximum absolute atomic E-state index is 13.6. The number of esters is 1. The molecule has 1 unspecified atom stereocenters. The lowest BCUT2D eigenvalue weighted by Crippen LogP contribution is -2.31. The molecular formula is C20H20F4N2O2. The number of dihydropyridines is 1. The van der Waals surface area contributed by atoms with E-state index in [1.807, 2.05) is 6.07 Å². The Labute approximate surface area is 160 Å². The van der Waals surface area contributed by atoms with Crippen molar-refractivity contribution in [2.45, 2.75) is 45.7 Å². The first-order chi connectivity index (χ1) is 13.1. The summed E-state index contributed by atoms with van der Waals surface area (Å²) in [6.07, 6.45) is -4.02. The fraction of sp³-hybridized carbons (Fsp3) is 0.400. The fourth-order valence-electron chi connectivity index (χ4n) is 3.17. The van der Waals surface area contributed by atoms with Gasteiger partial charge in [-0.15, -0.1) is 0 Å². The number of halogens is 4. The lowest BCUT2D eigenvalue weighted by Gasteiger charge is -2.31. The van der Waals surface area contributed by atoms with E-state index in [0.717, 1.165) is 12.1 Å². The minimum absolute atomic E-state index is 0.0437. The number of allylic oxidation sites excluding steroid dienone is 3. The molecule has 2 rings (SSSR count). The number of hydrogen-bond donors (Lipinski definition) is 1. The number of rotatable bonds is 5. The smallest absolute Gasteiger partial charge is 0.416 e. The Bertz CT molecular complexity index is 879. The summed E-state index contributed by atoms with van der Waals surface area (Å²) in [5.74, 6) is -3.16. The second kappa shape index (κ2) is 8.46. The number of nitriles is 1. The highest BCUT2D eigenvalue weighted by molar-refractivity contribution is 5.93. The number of nitrogens with one attached hydrogen (secondary N) is 1. The number of carbonyl (C=O) groups excluding carboxylic acids is 1. The number of carbonyl (C=O) groups is 1. The van der Waals surface area contributed by atoms with Crippen LogP contribution in [0, 0.1) is 17.1 Å². The van der Waals surface area contributed by atoms with Gasteiger partial charge in [0.2, 0.25) is 0 Å². The van der Waals surface area contributed by atoms with E-state index in [0.29, 0.717) is 30.3 Å². The third-order valence-corrected chi connectivity index (χ3v) is 4.41. The van der Waals surface area contributed by atoms with Crippen LogP contribution in [0.25, 0.3) is 0 Å². The summed E-state index contributed by atoms with van der Waals surface area (Å²) in [6, 6.07) is 4.13. The Kier molecular flexibility index (Phi) is 6.49. The minimum Gasteiger partial charge on any atom is -0.462 e. The van der Waals surface area contributed by atoms with Gasteiger partial charge in [-0.05, 0) is 37.5 Å². The summed E-state index contributed by atoms with van der Waals surface area (Å²) < 4.78 is 59.6. The largest absolute Gasteiger partial charge is 0.462 e. The molecule has 8 heteroatoms. The van der Waals surface area contributed by atoms with Gasteiger partial charge in [-0.3, -0.25) is 0 Å². The van der Waals surface area contributed by atoms with E-state index in [2.05, 4.69) is 5.32 Å². The van der Waals surface area contributed by atoms with Crippen LogP contribution in [0.1, 0.15) is 50.7 Å². The van der Waals surface area contributed by atoms with Crippen LogP contribution in [0.15, 0.2) is 40.7 Å². The molecule has 0 bridgehead atoms.